The van der Waals surface area contributed by atoms with Crippen molar-refractivity contribution in [2.45, 2.75) is 32.8 Å². The number of aliphatic hydroxyl groups is 1. The average molecular weight is 213 g/mol. The Hall–Kier alpha value is -1.30. The SMILES string of the molecule is CCC(CC)C(O)CNc1n[nH]c(N)n1. The molecular weight excluding hydrogens is 194 g/mol. The second-order valence-electron chi connectivity index (χ2n) is 3.57. The molecule has 0 saturated heterocycles. The Bertz CT molecular complexity index is 284. The molecule has 0 saturated carbocycles. The van der Waals surface area contributed by atoms with Crippen molar-refractivity contribution < 1.29 is 5.11 Å². The van der Waals surface area contributed by atoms with Crippen LogP contribution in [0, 0.1) is 5.92 Å². The van der Waals surface area contributed by atoms with Gasteiger partial charge < -0.3 is 16.2 Å². The Morgan fingerprint density at radius 3 is 2.60 bits per heavy atom. The van der Waals surface area contributed by atoms with Gasteiger partial charge in [0.2, 0.25) is 11.9 Å². The molecule has 0 fully saturated rings. The van der Waals surface area contributed by atoms with Gasteiger partial charge in [0, 0.05) is 6.54 Å². The van der Waals surface area contributed by atoms with Gasteiger partial charge in [-0.15, -0.1) is 5.10 Å². The van der Waals surface area contributed by atoms with Gasteiger partial charge in [-0.25, -0.2) is 5.10 Å². The van der Waals surface area contributed by atoms with Crippen LogP contribution in [0.3, 0.4) is 0 Å². The number of hydrogen-bond acceptors (Lipinski definition) is 5. The Morgan fingerprint density at radius 2 is 2.13 bits per heavy atom. The normalized spacial score (nSPS) is 13.1. The molecule has 6 heteroatoms. The van der Waals surface area contributed by atoms with Crippen LogP contribution >= 0.6 is 0 Å². The summed E-state index contributed by atoms with van der Waals surface area (Å²) in [7, 11) is 0. The van der Waals surface area contributed by atoms with Crippen molar-refractivity contribution in [1.82, 2.24) is 15.2 Å². The fourth-order valence-electron chi connectivity index (χ4n) is 1.55. The number of aromatic nitrogens is 3. The first-order chi connectivity index (χ1) is 7.17. The van der Waals surface area contributed by atoms with Crippen molar-refractivity contribution in [2.75, 3.05) is 17.6 Å². The molecule has 0 amide bonds. The average Bonchev–Trinajstić information content (AvgIpc) is 2.63. The molecule has 1 rings (SSSR count). The molecule has 1 atom stereocenters. The number of nitrogens with one attached hydrogen (secondary N) is 2. The summed E-state index contributed by atoms with van der Waals surface area (Å²) < 4.78 is 0. The lowest BCUT2D eigenvalue weighted by Gasteiger charge is -2.19. The van der Waals surface area contributed by atoms with Crippen molar-refractivity contribution in [2.24, 2.45) is 5.92 Å². The van der Waals surface area contributed by atoms with Crippen LogP contribution in [0.25, 0.3) is 0 Å². The molecule has 0 aliphatic heterocycles. The van der Waals surface area contributed by atoms with Crippen LogP contribution in [-0.2, 0) is 0 Å². The number of nitrogen functional groups attached to an aromatic ring is 1. The Balaban J connectivity index is 2.36. The fourth-order valence-corrected chi connectivity index (χ4v) is 1.55. The highest BCUT2D eigenvalue weighted by Crippen LogP contribution is 2.13. The molecule has 1 aromatic rings. The first-order valence-corrected chi connectivity index (χ1v) is 5.27. The summed E-state index contributed by atoms with van der Waals surface area (Å²) in [5.41, 5.74) is 5.37. The van der Waals surface area contributed by atoms with E-state index in [-0.39, 0.29) is 12.1 Å². The molecule has 1 heterocycles. The van der Waals surface area contributed by atoms with Crippen molar-refractivity contribution in [3.8, 4) is 0 Å². The zero-order valence-corrected chi connectivity index (χ0v) is 9.20. The maximum Gasteiger partial charge on any atom is 0.243 e. The molecule has 15 heavy (non-hydrogen) atoms. The smallest absolute Gasteiger partial charge is 0.243 e. The summed E-state index contributed by atoms with van der Waals surface area (Å²) in [5.74, 6) is 1.01. The lowest BCUT2D eigenvalue weighted by atomic mass is 9.97. The summed E-state index contributed by atoms with van der Waals surface area (Å²) in [6.45, 7) is 4.59. The lowest BCUT2D eigenvalue weighted by molar-refractivity contribution is 0.114. The van der Waals surface area contributed by atoms with Crippen LogP contribution in [-0.4, -0.2) is 32.9 Å². The van der Waals surface area contributed by atoms with Gasteiger partial charge in [-0.05, 0) is 5.92 Å². The van der Waals surface area contributed by atoms with E-state index in [1.165, 1.54) is 0 Å². The summed E-state index contributed by atoms with van der Waals surface area (Å²) in [6, 6.07) is 0. The zero-order chi connectivity index (χ0) is 11.3. The molecule has 0 radical (unpaired) electrons. The topological polar surface area (TPSA) is 99.8 Å². The van der Waals surface area contributed by atoms with E-state index in [1.807, 2.05) is 0 Å². The largest absolute Gasteiger partial charge is 0.391 e. The molecule has 1 aromatic heterocycles. The summed E-state index contributed by atoms with van der Waals surface area (Å²) in [4.78, 5) is 3.88. The van der Waals surface area contributed by atoms with Crippen molar-refractivity contribution >= 4 is 11.9 Å². The van der Waals surface area contributed by atoms with Crippen LogP contribution in [0.2, 0.25) is 0 Å². The van der Waals surface area contributed by atoms with Gasteiger partial charge in [-0.2, -0.15) is 4.98 Å². The van der Waals surface area contributed by atoms with Crippen LogP contribution in [0.15, 0.2) is 0 Å². The fraction of sp³-hybridized carbons (Fsp3) is 0.778. The summed E-state index contributed by atoms with van der Waals surface area (Å²) in [6.07, 6.45) is 1.56. The standard InChI is InChI=1S/C9H19N5O/c1-3-6(4-2)7(15)5-11-9-12-8(10)13-14-9/h6-7,15H,3-5H2,1-2H3,(H4,10,11,12,13,14). The maximum absolute atomic E-state index is 9.82. The van der Waals surface area contributed by atoms with Crippen molar-refractivity contribution in [3.63, 3.8) is 0 Å². The van der Waals surface area contributed by atoms with Gasteiger partial charge in [0.1, 0.15) is 0 Å². The zero-order valence-electron chi connectivity index (χ0n) is 9.20. The van der Waals surface area contributed by atoms with Gasteiger partial charge in [-0.3, -0.25) is 0 Å². The van der Waals surface area contributed by atoms with E-state index in [0.29, 0.717) is 18.4 Å². The Labute approximate surface area is 89.3 Å². The molecule has 0 bridgehead atoms. The number of aromatic amines is 1. The number of H-pyrrole nitrogens is 1. The van der Waals surface area contributed by atoms with Gasteiger partial charge in [0.15, 0.2) is 0 Å². The second-order valence-corrected chi connectivity index (χ2v) is 3.57. The highest BCUT2D eigenvalue weighted by atomic mass is 16.3. The Kier molecular flexibility index (Phi) is 4.36. The third kappa shape index (κ3) is 3.39. The van der Waals surface area contributed by atoms with E-state index in [4.69, 9.17) is 5.73 Å². The molecule has 5 N–H and O–H groups in total. The highest BCUT2D eigenvalue weighted by molar-refractivity contribution is 5.29. The van der Waals surface area contributed by atoms with Gasteiger partial charge >= 0.3 is 0 Å². The predicted octanol–water partition coefficient (Wildman–Crippen LogP) is 0.596. The first-order valence-electron chi connectivity index (χ1n) is 5.27. The second kappa shape index (κ2) is 5.55. The maximum atomic E-state index is 9.82. The molecule has 0 spiro atoms. The number of nitrogens with zero attached hydrogens (tertiary/aromatic N) is 2. The van der Waals surface area contributed by atoms with Crippen LogP contribution in [0.4, 0.5) is 11.9 Å². The van der Waals surface area contributed by atoms with E-state index >= 15 is 0 Å². The minimum Gasteiger partial charge on any atom is -0.391 e. The minimum atomic E-state index is -0.375. The van der Waals surface area contributed by atoms with Gasteiger partial charge in [0.05, 0.1) is 6.10 Å². The summed E-state index contributed by atoms with van der Waals surface area (Å²) in [5, 5.41) is 19.1. The van der Waals surface area contributed by atoms with Gasteiger partial charge in [0.25, 0.3) is 0 Å². The lowest BCUT2D eigenvalue weighted by Crippen LogP contribution is -2.28. The molecule has 86 valence electrons. The number of hydrogen-bond donors (Lipinski definition) is 4. The number of anilines is 2. The van der Waals surface area contributed by atoms with E-state index in [9.17, 15) is 5.11 Å². The predicted molar refractivity (Wildman–Crippen MR) is 59.4 cm³/mol. The number of nitrogens with two attached hydrogens (primary N) is 1. The van der Waals surface area contributed by atoms with Crippen LogP contribution < -0.4 is 11.1 Å². The Morgan fingerprint density at radius 1 is 1.47 bits per heavy atom. The third-order valence-corrected chi connectivity index (χ3v) is 2.56. The first kappa shape index (κ1) is 11.8. The minimum absolute atomic E-state index is 0.273. The van der Waals surface area contributed by atoms with E-state index in [2.05, 4.69) is 34.3 Å². The monoisotopic (exact) mass is 213 g/mol. The summed E-state index contributed by atoms with van der Waals surface area (Å²) >= 11 is 0. The van der Waals surface area contributed by atoms with Gasteiger partial charge in [-0.1, -0.05) is 26.7 Å². The van der Waals surface area contributed by atoms with E-state index in [0.717, 1.165) is 12.8 Å². The molecule has 0 aliphatic carbocycles. The molecule has 0 aliphatic rings. The third-order valence-electron chi connectivity index (χ3n) is 2.56. The molecule has 0 aromatic carbocycles. The van der Waals surface area contributed by atoms with E-state index in [1.54, 1.807) is 0 Å². The number of aliphatic hydroxyl groups excluding tert-OH is 1. The van der Waals surface area contributed by atoms with Crippen molar-refractivity contribution in [1.29, 1.82) is 0 Å². The molecular formula is C9H19N5O. The highest BCUT2D eigenvalue weighted by Gasteiger charge is 2.15. The van der Waals surface area contributed by atoms with Crippen molar-refractivity contribution in [3.05, 3.63) is 0 Å². The quantitative estimate of drug-likeness (QED) is 0.554. The van der Waals surface area contributed by atoms with Crippen LogP contribution in [0.1, 0.15) is 26.7 Å². The van der Waals surface area contributed by atoms with E-state index < -0.39 is 0 Å². The number of rotatable bonds is 6. The molecule has 1 unspecified atom stereocenters. The molecule has 6 nitrogen and oxygen atoms in total. The van der Waals surface area contributed by atoms with Crippen LogP contribution in [0.5, 0.6) is 0 Å².